The molecule has 0 bridgehead atoms. The zero-order chi connectivity index (χ0) is 17.0. The van der Waals surface area contributed by atoms with Gasteiger partial charge in [-0.2, -0.15) is 0 Å². The molecule has 0 atom stereocenters. The summed E-state index contributed by atoms with van der Waals surface area (Å²) in [6.45, 7) is 4.98. The van der Waals surface area contributed by atoms with E-state index in [9.17, 15) is 14.0 Å². The number of ether oxygens (including phenoxy) is 2. The second kappa shape index (κ2) is 7.09. The van der Waals surface area contributed by atoms with Crippen molar-refractivity contribution >= 4 is 11.8 Å². The third-order valence-electron chi connectivity index (χ3n) is 3.39. The number of hydrogen-bond acceptors (Lipinski definition) is 4. The van der Waals surface area contributed by atoms with Gasteiger partial charge in [-0.1, -0.05) is 12.1 Å². The number of Topliss-reactive ketones (excluding diaryl/α,β-unsaturated/α-hetero) is 1. The molecule has 5 nitrogen and oxygen atoms in total. The second-order valence-electron chi connectivity index (χ2n) is 4.99. The minimum absolute atomic E-state index is 0.0114. The van der Waals surface area contributed by atoms with Crippen LogP contribution in [0.15, 0.2) is 24.3 Å². The average molecular weight is 319 g/mol. The van der Waals surface area contributed by atoms with Crippen molar-refractivity contribution in [1.82, 2.24) is 4.98 Å². The molecule has 1 heterocycles. The van der Waals surface area contributed by atoms with Gasteiger partial charge in [-0.25, -0.2) is 9.18 Å². The van der Waals surface area contributed by atoms with Crippen LogP contribution < -0.4 is 4.74 Å². The average Bonchev–Trinajstić information content (AvgIpc) is 2.81. The van der Waals surface area contributed by atoms with Gasteiger partial charge in [-0.05, 0) is 38.5 Å². The SMILES string of the molecule is CCOC(=O)c1[nH]c(C)c(C(=O)COc2ccccc2F)c1C. The summed E-state index contributed by atoms with van der Waals surface area (Å²) in [5.41, 5.74) is 1.67. The maximum Gasteiger partial charge on any atom is 0.355 e. The summed E-state index contributed by atoms with van der Waals surface area (Å²) >= 11 is 0. The number of para-hydroxylation sites is 1. The molecular formula is C17H18FNO4. The minimum atomic E-state index is -0.532. The number of nitrogens with one attached hydrogen (secondary N) is 1. The number of carbonyl (C=O) groups is 2. The van der Waals surface area contributed by atoms with Crippen LogP contribution in [-0.4, -0.2) is 30.0 Å². The number of esters is 1. The van der Waals surface area contributed by atoms with E-state index in [0.717, 1.165) is 0 Å². The van der Waals surface area contributed by atoms with Crippen molar-refractivity contribution in [1.29, 1.82) is 0 Å². The van der Waals surface area contributed by atoms with Crippen molar-refractivity contribution in [2.45, 2.75) is 20.8 Å². The van der Waals surface area contributed by atoms with Gasteiger partial charge in [0.05, 0.1) is 6.61 Å². The van der Waals surface area contributed by atoms with E-state index < -0.39 is 11.8 Å². The van der Waals surface area contributed by atoms with E-state index >= 15 is 0 Å². The molecule has 2 aromatic rings. The fourth-order valence-corrected chi connectivity index (χ4v) is 2.35. The van der Waals surface area contributed by atoms with E-state index in [1.54, 1.807) is 26.8 Å². The summed E-state index contributed by atoms with van der Waals surface area (Å²) < 4.78 is 23.7. The molecule has 2 rings (SSSR count). The van der Waals surface area contributed by atoms with E-state index in [-0.39, 0.29) is 30.4 Å². The van der Waals surface area contributed by atoms with Gasteiger partial charge >= 0.3 is 5.97 Å². The lowest BCUT2D eigenvalue weighted by Gasteiger charge is -2.07. The Morgan fingerprint density at radius 2 is 1.91 bits per heavy atom. The molecule has 1 N–H and O–H groups in total. The number of hydrogen-bond donors (Lipinski definition) is 1. The molecule has 0 fully saturated rings. The largest absolute Gasteiger partial charge is 0.482 e. The number of carbonyl (C=O) groups excluding carboxylic acids is 2. The lowest BCUT2D eigenvalue weighted by Crippen LogP contribution is -2.14. The lowest BCUT2D eigenvalue weighted by atomic mass is 10.1. The van der Waals surface area contributed by atoms with Gasteiger partial charge in [-0.3, -0.25) is 4.79 Å². The zero-order valence-corrected chi connectivity index (χ0v) is 13.2. The van der Waals surface area contributed by atoms with Crippen molar-refractivity contribution < 1.29 is 23.5 Å². The number of aryl methyl sites for hydroxylation is 1. The van der Waals surface area contributed by atoms with Crippen LogP contribution >= 0.6 is 0 Å². The number of benzene rings is 1. The highest BCUT2D eigenvalue weighted by molar-refractivity contribution is 6.03. The fourth-order valence-electron chi connectivity index (χ4n) is 2.35. The summed E-state index contributed by atoms with van der Waals surface area (Å²) in [4.78, 5) is 27.0. The molecule has 0 spiro atoms. The van der Waals surface area contributed by atoms with Crippen LogP contribution in [-0.2, 0) is 4.74 Å². The Balaban J connectivity index is 2.17. The molecule has 6 heteroatoms. The predicted molar refractivity (Wildman–Crippen MR) is 82.4 cm³/mol. The van der Waals surface area contributed by atoms with Crippen LogP contribution in [0.4, 0.5) is 4.39 Å². The van der Waals surface area contributed by atoms with Crippen LogP contribution in [0.2, 0.25) is 0 Å². The summed E-state index contributed by atoms with van der Waals surface area (Å²) in [5, 5.41) is 0. The Morgan fingerprint density at radius 1 is 1.22 bits per heavy atom. The fraction of sp³-hybridized carbons (Fsp3) is 0.294. The van der Waals surface area contributed by atoms with Crippen molar-refractivity contribution in [2.75, 3.05) is 13.2 Å². The molecule has 0 aliphatic carbocycles. The van der Waals surface area contributed by atoms with E-state index in [4.69, 9.17) is 9.47 Å². The van der Waals surface area contributed by atoms with Crippen molar-refractivity contribution in [2.24, 2.45) is 0 Å². The monoisotopic (exact) mass is 319 g/mol. The first kappa shape index (κ1) is 16.7. The number of halogens is 1. The first-order chi connectivity index (χ1) is 11.0. The molecule has 0 aliphatic heterocycles. The molecule has 0 saturated heterocycles. The first-order valence-electron chi connectivity index (χ1n) is 7.22. The maximum absolute atomic E-state index is 13.5. The number of aromatic amines is 1. The Labute approximate surface area is 133 Å². The van der Waals surface area contributed by atoms with E-state index in [2.05, 4.69) is 4.98 Å². The van der Waals surface area contributed by atoms with Gasteiger partial charge in [0.25, 0.3) is 0 Å². The van der Waals surface area contributed by atoms with Crippen molar-refractivity contribution in [3.8, 4) is 5.75 Å². The van der Waals surface area contributed by atoms with E-state index in [1.165, 1.54) is 18.2 Å². The van der Waals surface area contributed by atoms with E-state index in [1.807, 2.05) is 0 Å². The Morgan fingerprint density at radius 3 is 2.57 bits per heavy atom. The van der Waals surface area contributed by atoms with Gasteiger partial charge in [-0.15, -0.1) is 0 Å². The van der Waals surface area contributed by atoms with Crippen molar-refractivity contribution in [3.05, 3.63) is 52.6 Å². The highest BCUT2D eigenvalue weighted by atomic mass is 19.1. The van der Waals surface area contributed by atoms with E-state index in [0.29, 0.717) is 16.8 Å². The van der Waals surface area contributed by atoms with Gasteiger partial charge < -0.3 is 14.5 Å². The second-order valence-corrected chi connectivity index (χ2v) is 4.99. The number of aromatic nitrogens is 1. The molecule has 23 heavy (non-hydrogen) atoms. The summed E-state index contributed by atoms with van der Waals surface area (Å²) in [6, 6.07) is 5.86. The lowest BCUT2D eigenvalue weighted by molar-refractivity contribution is 0.0519. The molecule has 0 aliphatic rings. The number of ketones is 1. The Bertz CT molecular complexity index is 736. The predicted octanol–water partition coefficient (Wildman–Crippen LogP) is 3.21. The Hall–Kier alpha value is -2.63. The molecule has 1 aromatic carbocycles. The molecule has 122 valence electrons. The number of rotatable bonds is 6. The van der Waals surface area contributed by atoms with Gasteiger partial charge in [0.2, 0.25) is 5.78 Å². The molecule has 0 radical (unpaired) electrons. The number of H-pyrrole nitrogens is 1. The van der Waals surface area contributed by atoms with Gasteiger partial charge in [0.1, 0.15) is 5.69 Å². The molecule has 0 saturated carbocycles. The standard InChI is InChI=1S/C17H18FNO4/c1-4-22-17(21)16-10(2)15(11(3)19-16)13(20)9-23-14-8-6-5-7-12(14)18/h5-8,19H,4,9H2,1-3H3. The van der Waals surface area contributed by atoms with Crippen LogP contribution in [0.5, 0.6) is 5.75 Å². The van der Waals surface area contributed by atoms with Gasteiger partial charge in [0, 0.05) is 11.3 Å². The van der Waals surface area contributed by atoms with Crippen LogP contribution in [0.25, 0.3) is 0 Å². The van der Waals surface area contributed by atoms with Crippen LogP contribution in [0.3, 0.4) is 0 Å². The van der Waals surface area contributed by atoms with Gasteiger partial charge in [0.15, 0.2) is 18.2 Å². The highest BCUT2D eigenvalue weighted by Gasteiger charge is 2.23. The normalized spacial score (nSPS) is 10.4. The van der Waals surface area contributed by atoms with Crippen LogP contribution in [0.1, 0.15) is 39.0 Å². The smallest absolute Gasteiger partial charge is 0.355 e. The summed E-state index contributed by atoms with van der Waals surface area (Å²) in [6.07, 6.45) is 0. The highest BCUT2D eigenvalue weighted by Crippen LogP contribution is 2.21. The third-order valence-corrected chi connectivity index (χ3v) is 3.39. The first-order valence-corrected chi connectivity index (χ1v) is 7.22. The van der Waals surface area contributed by atoms with Crippen LogP contribution in [0, 0.1) is 19.7 Å². The minimum Gasteiger partial charge on any atom is -0.482 e. The maximum atomic E-state index is 13.5. The van der Waals surface area contributed by atoms with Crippen molar-refractivity contribution in [3.63, 3.8) is 0 Å². The molecular weight excluding hydrogens is 301 g/mol. The molecule has 0 unspecified atom stereocenters. The Kier molecular flexibility index (Phi) is 5.16. The molecule has 0 amide bonds. The topological polar surface area (TPSA) is 68.4 Å². The summed E-state index contributed by atoms with van der Waals surface area (Å²) in [7, 11) is 0. The third kappa shape index (κ3) is 3.59. The molecule has 1 aromatic heterocycles. The summed E-state index contributed by atoms with van der Waals surface area (Å²) in [5.74, 6) is -1.37. The zero-order valence-electron chi connectivity index (χ0n) is 13.2. The quantitative estimate of drug-likeness (QED) is 0.656.